The summed E-state index contributed by atoms with van der Waals surface area (Å²) in [6.07, 6.45) is 4.41. The second-order valence-corrected chi connectivity index (χ2v) is 6.07. The average Bonchev–Trinajstić information content (AvgIpc) is 2.94. The van der Waals surface area contributed by atoms with Crippen molar-refractivity contribution in [3.63, 3.8) is 0 Å². The minimum Gasteiger partial charge on any atom is -0.381 e. The van der Waals surface area contributed by atoms with Crippen LogP contribution in [0.25, 0.3) is 0 Å². The fourth-order valence-corrected chi connectivity index (χ4v) is 3.48. The van der Waals surface area contributed by atoms with Crippen molar-refractivity contribution in [2.45, 2.75) is 19.4 Å². The summed E-state index contributed by atoms with van der Waals surface area (Å²) in [5.74, 6) is 0. The Kier molecular flexibility index (Phi) is 3.92. The SMILES string of the molecule is Cl.Nc1ncc(CN2CCC3(CCOC3)C2)s1. The predicted octanol–water partition coefficient (Wildman–Crippen LogP) is 1.76. The fourth-order valence-electron chi connectivity index (χ4n) is 2.75. The van der Waals surface area contributed by atoms with Crippen molar-refractivity contribution in [1.82, 2.24) is 9.88 Å². The number of likely N-dealkylation sites (tertiary alicyclic amines) is 1. The first-order valence-electron chi connectivity index (χ1n) is 5.76. The zero-order valence-corrected chi connectivity index (χ0v) is 11.4. The van der Waals surface area contributed by atoms with Gasteiger partial charge in [-0.1, -0.05) is 0 Å². The van der Waals surface area contributed by atoms with Gasteiger partial charge >= 0.3 is 0 Å². The fraction of sp³-hybridized carbons (Fsp3) is 0.727. The molecular weight excluding hydrogens is 258 g/mol. The molecule has 17 heavy (non-hydrogen) atoms. The Labute approximate surface area is 112 Å². The van der Waals surface area contributed by atoms with Gasteiger partial charge in [-0.05, 0) is 19.4 Å². The minimum atomic E-state index is 0. The van der Waals surface area contributed by atoms with Gasteiger partial charge in [0.2, 0.25) is 0 Å². The van der Waals surface area contributed by atoms with E-state index < -0.39 is 0 Å². The third-order valence-corrected chi connectivity index (χ3v) is 4.46. The standard InChI is InChI=1S/C11H17N3OS.ClH/c12-10-13-5-9(16-10)6-14-3-1-11(7-14)2-4-15-8-11;/h5H,1-4,6-8H2,(H2,12,13);1H. The summed E-state index contributed by atoms with van der Waals surface area (Å²) in [6.45, 7) is 5.25. The Hall–Kier alpha value is -0.360. The van der Waals surface area contributed by atoms with Crippen LogP contribution in [0, 0.1) is 5.41 Å². The molecule has 1 spiro atoms. The number of rotatable bonds is 2. The van der Waals surface area contributed by atoms with Crippen LogP contribution in [0.2, 0.25) is 0 Å². The highest BCUT2D eigenvalue weighted by atomic mass is 35.5. The zero-order valence-electron chi connectivity index (χ0n) is 9.72. The first-order valence-corrected chi connectivity index (χ1v) is 6.58. The molecule has 1 atom stereocenters. The van der Waals surface area contributed by atoms with E-state index in [2.05, 4.69) is 9.88 Å². The summed E-state index contributed by atoms with van der Waals surface area (Å²) in [6, 6.07) is 0. The lowest BCUT2D eigenvalue weighted by Crippen LogP contribution is -2.27. The van der Waals surface area contributed by atoms with E-state index in [0.29, 0.717) is 10.5 Å². The highest BCUT2D eigenvalue weighted by Gasteiger charge is 2.41. The number of nitrogens with two attached hydrogens (primary N) is 1. The lowest BCUT2D eigenvalue weighted by Gasteiger charge is -2.21. The van der Waals surface area contributed by atoms with E-state index >= 15 is 0 Å². The summed E-state index contributed by atoms with van der Waals surface area (Å²) in [5.41, 5.74) is 6.09. The number of hydrogen-bond donors (Lipinski definition) is 1. The van der Waals surface area contributed by atoms with Gasteiger partial charge in [0, 0.05) is 36.2 Å². The zero-order chi connectivity index (χ0) is 11.0. The number of nitrogens with zero attached hydrogens (tertiary/aromatic N) is 2. The molecule has 0 amide bonds. The van der Waals surface area contributed by atoms with Gasteiger partial charge in [0.1, 0.15) is 0 Å². The number of halogens is 1. The maximum Gasteiger partial charge on any atom is 0.180 e. The molecule has 2 aliphatic rings. The van der Waals surface area contributed by atoms with Crippen molar-refractivity contribution in [3.05, 3.63) is 11.1 Å². The predicted molar refractivity (Wildman–Crippen MR) is 71.5 cm³/mol. The number of nitrogen functional groups attached to an aromatic ring is 1. The molecule has 0 bridgehead atoms. The molecular formula is C11H18ClN3OS. The van der Waals surface area contributed by atoms with E-state index in [1.165, 1.54) is 30.8 Å². The van der Waals surface area contributed by atoms with Gasteiger partial charge in [-0.3, -0.25) is 4.90 Å². The summed E-state index contributed by atoms with van der Waals surface area (Å²) in [7, 11) is 0. The van der Waals surface area contributed by atoms with Gasteiger partial charge < -0.3 is 10.5 Å². The summed E-state index contributed by atoms with van der Waals surface area (Å²) >= 11 is 1.60. The largest absolute Gasteiger partial charge is 0.381 e. The first-order chi connectivity index (χ1) is 7.76. The van der Waals surface area contributed by atoms with Gasteiger partial charge in [0.05, 0.1) is 6.61 Å². The second kappa shape index (κ2) is 5.10. The van der Waals surface area contributed by atoms with Crippen LogP contribution < -0.4 is 5.73 Å². The Morgan fingerprint density at radius 1 is 1.53 bits per heavy atom. The molecule has 0 aliphatic carbocycles. The lowest BCUT2D eigenvalue weighted by atomic mass is 9.87. The molecule has 2 aliphatic heterocycles. The summed E-state index contributed by atoms with van der Waals surface area (Å²) < 4.78 is 5.53. The van der Waals surface area contributed by atoms with E-state index in [4.69, 9.17) is 10.5 Å². The van der Waals surface area contributed by atoms with E-state index in [1.54, 1.807) is 11.3 Å². The van der Waals surface area contributed by atoms with Crippen molar-refractivity contribution in [2.75, 3.05) is 32.0 Å². The van der Waals surface area contributed by atoms with Gasteiger partial charge in [-0.15, -0.1) is 23.7 Å². The molecule has 3 heterocycles. The molecule has 1 unspecified atom stereocenters. The Balaban J connectivity index is 0.00000108. The average molecular weight is 276 g/mol. The van der Waals surface area contributed by atoms with Crippen LogP contribution in [0.3, 0.4) is 0 Å². The lowest BCUT2D eigenvalue weighted by molar-refractivity contribution is 0.151. The molecule has 6 heteroatoms. The molecule has 0 radical (unpaired) electrons. The molecule has 0 aromatic carbocycles. The van der Waals surface area contributed by atoms with Crippen LogP contribution in [0.15, 0.2) is 6.20 Å². The van der Waals surface area contributed by atoms with Crippen LogP contribution in [-0.4, -0.2) is 36.2 Å². The van der Waals surface area contributed by atoms with E-state index in [-0.39, 0.29) is 12.4 Å². The van der Waals surface area contributed by atoms with Gasteiger partial charge in [0.25, 0.3) is 0 Å². The Morgan fingerprint density at radius 2 is 2.41 bits per heavy atom. The Morgan fingerprint density at radius 3 is 3.06 bits per heavy atom. The van der Waals surface area contributed by atoms with Crippen molar-refractivity contribution < 1.29 is 4.74 Å². The molecule has 2 N–H and O–H groups in total. The highest BCUT2D eigenvalue weighted by Crippen LogP contribution is 2.38. The van der Waals surface area contributed by atoms with E-state index in [1.807, 2.05) is 6.20 Å². The van der Waals surface area contributed by atoms with Crippen LogP contribution in [0.4, 0.5) is 5.13 Å². The van der Waals surface area contributed by atoms with Crippen molar-refractivity contribution in [1.29, 1.82) is 0 Å². The number of ether oxygens (including phenoxy) is 1. The van der Waals surface area contributed by atoms with Crippen LogP contribution in [0.5, 0.6) is 0 Å². The molecule has 3 rings (SSSR count). The smallest absolute Gasteiger partial charge is 0.180 e. The number of thiazole rings is 1. The molecule has 2 saturated heterocycles. The van der Waals surface area contributed by atoms with E-state index in [0.717, 1.165) is 19.8 Å². The summed E-state index contributed by atoms with van der Waals surface area (Å²) in [4.78, 5) is 7.87. The number of hydrogen-bond acceptors (Lipinski definition) is 5. The van der Waals surface area contributed by atoms with Crippen molar-refractivity contribution in [3.8, 4) is 0 Å². The molecule has 1 aromatic heterocycles. The maximum atomic E-state index is 5.64. The third-order valence-electron chi connectivity index (χ3n) is 3.65. The molecule has 96 valence electrons. The van der Waals surface area contributed by atoms with Crippen molar-refractivity contribution in [2.24, 2.45) is 5.41 Å². The first kappa shape index (κ1) is 13.1. The molecule has 2 fully saturated rings. The number of anilines is 1. The Bertz CT molecular complexity index is 379. The second-order valence-electron chi connectivity index (χ2n) is 4.93. The maximum absolute atomic E-state index is 5.64. The monoisotopic (exact) mass is 275 g/mol. The minimum absolute atomic E-state index is 0. The van der Waals surface area contributed by atoms with Gasteiger partial charge in [-0.25, -0.2) is 4.98 Å². The summed E-state index contributed by atoms with van der Waals surface area (Å²) in [5, 5.41) is 0.674. The third kappa shape index (κ3) is 2.73. The molecule has 0 saturated carbocycles. The highest BCUT2D eigenvalue weighted by molar-refractivity contribution is 7.15. The normalized spacial score (nSPS) is 28.7. The van der Waals surface area contributed by atoms with Gasteiger partial charge in [-0.2, -0.15) is 0 Å². The topological polar surface area (TPSA) is 51.4 Å². The number of aromatic nitrogens is 1. The van der Waals surface area contributed by atoms with E-state index in [9.17, 15) is 0 Å². The van der Waals surface area contributed by atoms with Gasteiger partial charge in [0.15, 0.2) is 5.13 Å². The molecule has 1 aromatic rings. The van der Waals surface area contributed by atoms with Crippen LogP contribution in [-0.2, 0) is 11.3 Å². The quantitative estimate of drug-likeness (QED) is 0.894. The van der Waals surface area contributed by atoms with Crippen LogP contribution in [0.1, 0.15) is 17.7 Å². The van der Waals surface area contributed by atoms with Crippen molar-refractivity contribution >= 4 is 28.9 Å². The van der Waals surface area contributed by atoms with Crippen LogP contribution >= 0.6 is 23.7 Å². The molecule has 4 nitrogen and oxygen atoms in total.